The molecule has 2 aliphatic rings. The van der Waals surface area contributed by atoms with Gasteiger partial charge in [0.25, 0.3) is 0 Å². The highest BCUT2D eigenvalue weighted by molar-refractivity contribution is 7.89. The van der Waals surface area contributed by atoms with Crippen LogP contribution in [0.5, 0.6) is 11.5 Å². The standard InChI is InChI=1S/C32H39FN2O5S/c1-19-16-22(33)17-20(2)30(19)40-23-14-15-26(32(3,4)36)25(18-23)28-24-12-8-9-13-27(24)35(37)29(31(28)41(34,38)39)21-10-6-5-7-11-21/h14-18,21,36H,5-13H2,1-4H3,(H2,34,38,39). The van der Waals surface area contributed by atoms with Crippen molar-refractivity contribution in [2.45, 2.75) is 102 Å². The molecule has 0 radical (unpaired) electrons. The predicted molar refractivity (Wildman–Crippen MR) is 156 cm³/mol. The molecule has 1 aromatic heterocycles. The average Bonchev–Trinajstić information content (AvgIpc) is 2.90. The van der Waals surface area contributed by atoms with Gasteiger partial charge in [-0.05, 0) is 106 Å². The van der Waals surface area contributed by atoms with Gasteiger partial charge in [-0.3, -0.25) is 0 Å². The smallest absolute Gasteiger partial charge is 0.244 e. The number of nitrogens with zero attached hydrogens (tertiary/aromatic N) is 1. The number of benzene rings is 2. The minimum Gasteiger partial charge on any atom is -0.618 e. The quantitative estimate of drug-likeness (QED) is 0.260. The van der Waals surface area contributed by atoms with Crippen LogP contribution in [0.1, 0.15) is 98.4 Å². The molecule has 2 aliphatic carbocycles. The number of hydrogen-bond donors (Lipinski definition) is 2. The Bertz CT molecular complexity index is 1580. The van der Waals surface area contributed by atoms with Crippen LogP contribution in [0, 0.1) is 24.9 Å². The molecule has 1 heterocycles. The van der Waals surface area contributed by atoms with Gasteiger partial charge in [0.15, 0.2) is 10.6 Å². The molecule has 0 aliphatic heterocycles. The molecule has 0 saturated heterocycles. The topological polar surface area (TPSA) is 117 Å². The Labute approximate surface area is 241 Å². The summed E-state index contributed by atoms with van der Waals surface area (Å²) in [4.78, 5) is -0.142. The van der Waals surface area contributed by atoms with Crippen LogP contribution in [0.3, 0.4) is 0 Å². The molecule has 0 bridgehead atoms. The summed E-state index contributed by atoms with van der Waals surface area (Å²) in [6.45, 7) is 6.80. The van der Waals surface area contributed by atoms with Gasteiger partial charge < -0.3 is 15.1 Å². The molecule has 1 fully saturated rings. The summed E-state index contributed by atoms with van der Waals surface area (Å²) in [6, 6.07) is 7.93. The number of rotatable bonds is 6. The monoisotopic (exact) mass is 582 g/mol. The van der Waals surface area contributed by atoms with E-state index in [4.69, 9.17) is 9.88 Å². The highest BCUT2D eigenvalue weighted by Gasteiger charge is 2.40. The van der Waals surface area contributed by atoms with Crippen LogP contribution in [-0.4, -0.2) is 13.5 Å². The van der Waals surface area contributed by atoms with E-state index in [9.17, 15) is 23.1 Å². The molecule has 1 saturated carbocycles. The number of aryl methyl sites for hydroxylation is 2. The minimum absolute atomic E-state index is 0.142. The average molecular weight is 583 g/mol. The second-order valence-corrected chi connectivity index (χ2v) is 13.6. The number of pyridine rings is 1. The molecule has 5 rings (SSSR count). The van der Waals surface area contributed by atoms with Crippen molar-refractivity contribution >= 4 is 10.0 Å². The van der Waals surface area contributed by atoms with Gasteiger partial charge in [-0.15, -0.1) is 0 Å². The maximum Gasteiger partial charge on any atom is 0.244 e. The Balaban J connectivity index is 1.84. The number of sulfonamides is 1. The summed E-state index contributed by atoms with van der Waals surface area (Å²) in [5, 5.41) is 31.2. The second kappa shape index (κ2) is 11.0. The van der Waals surface area contributed by atoms with E-state index in [1.807, 2.05) is 0 Å². The zero-order valence-corrected chi connectivity index (χ0v) is 25.0. The Morgan fingerprint density at radius 3 is 2.27 bits per heavy atom. The second-order valence-electron chi connectivity index (χ2n) is 12.1. The van der Waals surface area contributed by atoms with E-state index in [0.717, 1.165) is 36.8 Å². The van der Waals surface area contributed by atoms with E-state index >= 15 is 0 Å². The van der Waals surface area contributed by atoms with Crippen LogP contribution in [0.25, 0.3) is 11.1 Å². The number of aromatic nitrogens is 1. The molecular weight excluding hydrogens is 543 g/mol. The largest absolute Gasteiger partial charge is 0.618 e. The summed E-state index contributed by atoms with van der Waals surface area (Å²) in [7, 11) is -4.35. The lowest BCUT2D eigenvalue weighted by atomic mass is 9.80. The molecule has 0 unspecified atom stereocenters. The third-order valence-corrected chi connectivity index (χ3v) is 9.49. The van der Waals surface area contributed by atoms with E-state index in [0.29, 0.717) is 76.3 Å². The van der Waals surface area contributed by atoms with Gasteiger partial charge >= 0.3 is 0 Å². The van der Waals surface area contributed by atoms with Gasteiger partial charge in [0.05, 0.1) is 5.60 Å². The van der Waals surface area contributed by atoms with Crippen LogP contribution in [0.2, 0.25) is 0 Å². The first-order chi connectivity index (χ1) is 19.3. The Kier molecular flexibility index (Phi) is 7.91. The fourth-order valence-electron chi connectivity index (χ4n) is 6.69. The Hall–Kier alpha value is -3.01. The highest BCUT2D eigenvalue weighted by Crippen LogP contribution is 2.46. The summed E-state index contributed by atoms with van der Waals surface area (Å²) >= 11 is 0. The fourth-order valence-corrected chi connectivity index (χ4v) is 7.75. The Morgan fingerprint density at radius 1 is 1.02 bits per heavy atom. The van der Waals surface area contributed by atoms with Crippen molar-refractivity contribution < 1.29 is 27.4 Å². The number of halogens is 1. The molecule has 220 valence electrons. The normalized spacial score (nSPS) is 16.5. The van der Waals surface area contributed by atoms with Crippen molar-refractivity contribution in [3.63, 3.8) is 0 Å². The lowest BCUT2D eigenvalue weighted by Crippen LogP contribution is -2.44. The number of fused-ring (bicyclic) bond motifs is 1. The molecular formula is C32H39FN2O5S. The first-order valence-electron chi connectivity index (χ1n) is 14.4. The lowest BCUT2D eigenvalue weighted by Gasteiger charge is -2.30. The molecule has 0 spiro atoms. The van der Waals surface area contributed by atoms with Crippen molar-refractivity contribution in [3.8, 4) is 22.6 Å². The van der Waals surface area contributed by atoms with Crippen molar-refractivity contribution in [1.82, 2.24) is 0 Å². The van der Waals surface area contributed by atoms with Gasteiger partial charge in [0, 0.05) is 23.5 Å². The molecule has 7 nitrogen and oxygen atoms in total. The number of hydrogen-bond acceptors (Lipinski definition) is 5. The van der Waals surface area contributed by atoms with E-state index in [1.54, 1.807) is 45.9 Å². The number of ether oxygens (including phenoxy) is 1. The van der Waals surface area contributed by atoms with Gasteiger partial charge in [0.1, 0.15) is 17.3 Å². The summed E-state index contributed by atoms with van der Waals surface area (Å²) < 4.78 is 48.1. The summed E-state index contributed by atoms with van der Waals surface area (Å²) in [5.74, 6) is 0.305. The molecule has 0 amide bonds. The van der Waals surface area contributed by atoms with Crippen LogP contribution >= 0.6 is 0 Å². The number of aliphatic hydroxyl groups is 1. The Morgan fingerprint density at radius 2 is 1.66 bits per heavy atom. The van der Waals surface area contributed by atoms with E-state index in [2.05, 4.69) is 0 Å². The van der Waals surface area contributed by atoms with Gasteiger partial charge in [-0.2, -0.15) is 4.73 Å². The van der Waals surface area contributed by atoms with Crippen LogP contribution < -0.4 is 14.6 Å². The lowest BCUT2D eigenvalue weighted by molar-refractivity contribution is -0.627. The van der Waals surface area contributed by atoms with Gasteiger partial charge in [-0.25, -0.2) is 17.9 Å². The zero-order valence-electron chi connectivity index (χ0n) is 24.2. The molecule has 2 aromatic carbocycles. The third kappa shape index (κ3) is 5.72. The van der Waals surface area contributed by atoms with Crippen molar-refractivity contribution in [3.05, 3.63) is 75.0 Å². The number of primary sulfonamides is 1. The predicted octanol–water partition coefficient (Wildman–Crippen LogP) is 6.34. The maximum absolute atomic E-state index is 14.0. The van der Waals surface area contributed by atoms with Crippen LogP contribution in [-0.2, 0) is 28.5 Å². The summed E-state index contributed by atoms with van der Waals surface area (Å²) in [5.41, 5.74) is 2.70. The number of nitrogens with two attached hydrogens (primary N) is 1. The van der Waals surface area contributed by atoms with Crippen molar-refractivity contribution in [1.29, 1.82) is 0 Å². The fraction of sp³-hybridized carbons (Fsp3) is 0.469. The maximum atomic E-state index is 14.0. The molecule has 3 N–H and O–H groups in total. The van der Waals surface area contributed by atoms with E-state index in [-0.39, 0.29) is 22.3 Å². The first-order valence-corrected chi connectivity index (χ1v) is 16.0. The van der Waals surface area contributed by atoms with Gasteiger partial charge in [-0.1, -0.05) is 25.3 Å². The van der Waals surface area contributed by atoms with Crippen molar-refractivity contribution in [2.75, 3.05) is 0 Å². The van der Waals surface area contributed by atoms with Gasteiger partial charge in [0.2, 0.25) is 15.7 Å². The highest BCUT2D eigenvalue weighted by atomic mass is 32.2. The first kappa shape index (κ1) is 29.5. The molecule has 3 aromatic rings. The SMILES string of the molecule is Cc1cc(F)cc(C)c1Oc1ccc(C(C)(C)O)c(-c2c3c([n+]([O-])c(C4CCCCC4)c2S(N)(=O)=O)CCCC3)c1. The van der Waals surface area contributed by atoms with Crippen molar-refractivity contribution in [2.24, 2.45) is 5.14 Å². The summed E-state index contributed by atoms with van der Waals surface area (Å²) in [6.07, 6.45) is 6.99. The zero-order chi connectivity index (χ0) is 29.7. The third-order valence-electron chi connectivity index (χ3n) is 8.51. The van der Waals surface area contributed by atoms with Crippen LogP contribution in [0.15, 0.2) is 35.2 Å². The molecule has 9 heteroatoms. The molecule has 41 heavy (non-hydrogen) atoms. The van der Waals surface area contributed by atoms with E-state index < -0.39 is 15.6 Å². The van der Waals surface area contributed by atoms with Crippen LogP contribution in [0.4, 0.5) is 4.39 Å². The van der Waals surface area contributed by atoms with E-state index in [1.165, 1.54) is 12.1 Å². The minimum atomic E-state index is -4.35. The molecule has 0 atom stereocenters.